The van der Waals surface area contributed by atoms with E-state index in [1.54, 1.807) is 12.1 Å². The fourth-order valence-electron chi connectivity index (χ4n) is 6.02. The van der Waals surface area contributed by atoms with Gasteiger partial charge in [-0.1, -0.05) is 114 Å². The van der Waals surface area contributed by atoms with Crippen LogP contribution >= 0.6 is 11.6 Å². The van der Waals surface area contributed by atoms with Gasteiger partial charge in [0.25, 0.3) is 5.91 Å². The summed E-state index contributed by atoms with van der Waals surface area (Å²) in [6.07, 6.45) is 0.301. The van der Waals surface area contributed by atoms with E-state index in [0.29, 0.717) is 59.5 Å². The molecular formula is C40H36ClN5O4. The third kappa shape index (κ3) is 7.82. The number of aliphatic hydroxyl groups excluding tert-OH is 1. The molecule has 0 saturated carbocycles. The van der Waals surface area contributed by atoms with Crippen molar-refractivity contribution in [2.45, 2.75) is 30.9 Å². The molecule has 1 amide bonds. The maximum atomic E-state index is 14.7. The molecule has 0 aliphatic carbocycles. The molecule has 5 aromatic rings. The summed E-state index contributed by atoms with van der Waals surface area (Å²) in [4.78, 5) is 22.8. The Hall–Kier alpha value is -5.60. The molecule has 5 aromatic carbocycles. The summed E-state index contributed by atoms with van der Waals surface area (Å²) in [6, 6.07) is 40.0. The van der Waals surface area contributed by atoms with Crippen LogP contribution in [-0.4, -0.2) is 42.2 Å². The molecule has 1 heterocycles. The van der Waals surface area contributed by atoms with Crippen LogP contribution in [0, 0.1) is 0 Å². The normalized spacial score (nSPS) is 16.5. The SMILES string of the molecule is [N-]=[N+]=Nc1ccccc1C[C@@]1(C(=O)NCCc2ccccc2Cl)N=C(c2ccc(OCCCO)cc2)O[C@@H]1c1ccc(-c2ccccc2)cc1. The van der Waals surface area contributed by atoms with E-state index in [1.807, 2.05) is 115 Å². The monoisotopic (exact) mass is 685 g/mol. The van der Waals surface area contributed by atoms with Crippen molar-refractivity contribution in [1.82, 2.24) is 5.32 Å². The molecule has 0 bridgehead atoms. The van der Waals surface area contributed by atoms with Gasteiger partial charge in [-0.25, -0.2) is 4.99 Å². The first kappa shape index (κ1) is 34.3. The fourth-order valence-corrected chi connectivity index (χ4v) is 6.25. The summed E-state index contributed by atoms with van der Waals surface area (Å²) < 4.78 is 12.4. The van der Waals surface area contributed by atoms with Crippen LogP contribution in [0.3, 0.4) is 0 Å². The van der Waals surface area contributed by atoms with Gasteiger partial charge < -0.3 is 19.9 Å². The van der Waals surface area contributed by atoms with Gasteiger partial charge >= 0.3 is 0 Å². The summed E-state index contributed by atoms with van der Waals surface area (Å²) >= 11 is 6.43. The molecular weight excluding hydrogens is 650 g/mol. The van der Waals surface area contributed by atoms with Crippen molar-refractivity contribution in [3.05, 3.63) is 165 Å². The van der Waals surface area contributed by atoms with E-state index in [4.69, 9.17) is 31.2 Å². The van der Waals surface area contributed by atoms with Gasteiger partial charge in [0.15, 0.2) is 11.6 Å². The van der Waals surface area contributed by atoms with Crippen molar-refractivity contribution in [2.24, 2.45) is 10.1 Å². The Morgan fingerprint density at radius 2 is 1.54 bits per heavy atom. The number of hydrogen-bond donors (Lipinski definition) is 2. The molecule has 50 heavy (non-hydrogen) atoms. The van der Waals surface area contributed by atoms with Crippen LogP contribution in [-0.2, 0) is 22.4 Å². The number of halogens is 1. The number of benzene rings is 5. The molecule has 0 spiro atoms. The van der Waals surface area contributed by atoms with E-state index in [-0.39, 0.29) is 18.9 Å². The summed E-state index contributed by atoms with van der Waals surface area (Å²) in [5, 5.41) is 16.8. The van der Waals surface area contributed by atoms with Gasteiger partial charge in [0.2, 0.25) is 5.90 Å². The zero-order chi connectivity index (χ0) is 34.8. The van der Waals surface area contributed by atoms with E-state index >= 15 is 0 Å². The fraction of sp³-hybridized carbons (Fsp3) is 0.200. The minimum atomic E-state index is -1.48. The largest absolute Gasteiger partial charge is 0.494 e. The minimum Gasteiger partial charge on any atom is -0.494 e. The van der Waals surface area contributed by atoms with E-state index < -0.39 is 11.6 Å². The number of amides is 1. The molecule has 2 N–H and O–H groups in total. The first-order valence-corrected chi connectivity index (χ1v) is 16.8. The lowest BCUT2D eigenvalue weighted by Gasteiger charge is -2.31. The lowest BCUT2D eigenvalue weighted by Crippen LogP contribution is -2.50. The third-order valence-corrected chi connectivity index (χ3v) is 8.96. The van der Waals surface area contributed by atoms with E-state index in [9.17, 15) is 10.3 Å². The number of aliphatic imine (C=N–C) groups is 1. The molecule has 10 heteroatoms. The predicted molar refractivity (Wildman–Crippen MR) is 196 cm³/mol. The number of nitrogens with zero attached hydrogens (tertiary/aromatic N) is 4. The second-order valence-corrected chi connectivity index (χ2v) is 12.3. The number of rotatable bonds is 14. The number of aliphatic hydroxyl groups is 1. The second-order valence-electron chi connectivity index (χ2n) is 11.9. The third-order valence-electron chi connectivity index (χ3n) is 8.59. The maximum Gasteiger partial charge on any atom is 0.252 e. The van der Waals surface area contributed by atoms with Crippen molar-refractivity contribution < 1.29 is 19.4 Å². The number of carbonyl (C=O) groups is 1. The number of nitrogens with one attached hydrogen (secondary N) is 1. The highest BCUT2D eigenvalue weighted by molar-refractivity contribution is 6.31. The van der Waals surface area contributed by atoms with Crippen LogP contribution in [0.25, 0.3) is 21.6 Å². The molecule has 1 aliphatic heterocycles. The highest BCUT2D eigenvalue weighted by Crippen LogP contribution is 2.44. The van der Waals surface area contributed by atoms with Crippen molar-refractivity contribution in [1.29, 1.82) is 0 Å². The topological polar surface area (TPSA) is 129 Å². The number of azide groups is 1. The first-order valence-electron chi connectivity index (χ1n) is 16.4. The summed E-state index contributed by atoms with van der Waals surface area (Å²) in [5.74, 6) is 0.601. The van der Waals surface area contributed by atoms with Gasteiger partial charge in [0.05, 0.1) is 6.61 Å². The molecule has 0 radical (unpaired) electrons. The van der Waals surface area contributed by atoms with Gasteiger partial charge in [-0.2, -0.15) is 0 Å². The minimum absolute atomic E-state index is 0.0434. The highest BCUT2D eigenvalue weighted by Gasteiger charge is 2.53. The van der Waals surface area contributed by atoms with Crippen molar-refractivity contribution in [3.8, 4) is 16.9 Å². The van der Waals surface area contributed by atoms with Crippen LogP contribution < -0.4 is 10.1 Å². The molecule has 1 aliphatic rings. The number of carbonyl (C=O) groups excluding carboxylic acids is 1. The van der Waals surface area contributed by atoms with Crippen LogP contribution in [0.15, 0.2) is 138 Å². The van der Waals surface area contributed by atoms with E-state index in [0.717, 1.165) is 22.3 Å². The lowest BCUT2D eigenvalue weighted by atomic mass is 9.81. The Bertz CT molecular complexity index is 2000. The second kappa shape index (κ2) is 16.2. The lowest BCUT2D eigenvalue weighted by molar-refractivity contribution is -0.128. The Morgan fingerprint density at radius 1 is 0.880 bits per heavy atom. The van der Waals surface area contributed by atoms with Crippen molar-refractivity contribution in [2.75, 3.05) is 19.8 Å². The molecule has 0 aromatic heterocycles. The highest BCUT2D eigenvalue weighted by atomic mass is 35.5. The maximum absolute atomic E-state index is 14.7. The predicted octanol–water partition coefficient (Wildman–Crippen LogP) is 8.57. The Labute approximate surface area is 295 Å². The molecule has 0 unspecified atom stereocenters. The van der Waals surface area contributed by atoms with Crippen LogP contribution in [0.5, 0.6) is 5.75 Å². The Kier molecular flexibility index (Phi) is 11.1. The Morgan fingerprint density at radius 3 is 2.26 bits per heavy atom. The zero-order valence-electron chi connectivity index (χ0n) is 27.3. The van der Waals surface area contributed by atoms with Gasteiger partial charge in [-0.15, -0.1) is 0 Å². The van der Waals surface area contributed by atoms with Crippen LogP contribution in [0.4, 0.5) is 5.69 Å². The van der Waals surface area contributed by atoms with Gasteiger partial charge in [0.1, 0.15) is 5.75 Å². The summed E-state index contributed by atoms with van der Waals surface area (Å²) in [7, 11) is 0. The standard InChI is InChI=1S/C40H36ClN5O4/c41-35-13-6-4-11-30(35)23-24-43-39(48)40(27-33-12-5-7-14-36(33)45-46-42)37(31-17-15-29(16-18-31)28-9-2-1-3-10-28)50-38(44-40)32-19-21-34(22-20-32)49-26-8-25-47/h1-7,9-22,37,47H,8,23-27H2,(H,43,48)/t37-,40-/m1/s1. The van der Waals surface area contributed by atoms with E-state index in [1.165, 1.54) is 0 Å². The average Bonchev–Trinajstić information content (AvgIpc) is 3.54. The van der Waals surface area contributed by atoms with Crippen molar-refractivity contribution in [3.63, 3.8) is 0 Å². The van der Waals surface area contributed by atoms with Crippen molar-refractivity contribution >= 4 is 29.1 Å². The number of ether oxygens (including phenoxy) is 2. The molecule has 6 rings (SSSR count). The van der Waals surface area contributed by atoms with E-state index in [2.05, 4.69) is 15.3 Å². The van der Waals surface area contributed by atoms with Crippen LogP contribution in [0.2, 0.25) is 5.02 Å². The van der Waals surface area contributed by atoms with Crippen LogP contribution in [0.1, 0.15) is 34.8 Å². The van der Waals surface area contributed by atoms with Gasteiger partial charge in [0, 0.05) is 47.2 Å². The summed E-state index contributed by atoms with van der Waals surface area (Å²) in [5.41, 5.74) is 13.4. The first-order chi connectivity index (χ1) is 24.5. The van der Waals surface area contributed by atoms with Gasteiger partial charge in [-0.3, -0.25) is 4.79 Å². The Balaban J connectivity index is 1.42. The molecule has 9 nitrogen and oxygen atoms in total. The molecule has 0 fully saturated rings. The summed E-state index contributed by atoms with van der Waals surface area (Å²) in [6.45, 7) is 0.741. The number of hydrogen-bond acceptors (Lipinski definition) is 6. The smallest absolute Gasteiger partial charge is 0.252 e. The molecule has 252 valence electrons. The van der Waals surface area contributed by atoms with Gasteiger partial charge in [-0.05, 0) is 70.1 Å². The molecule has 2 atom stereocenters. The molecule has 0 saturated heterocycles. The quantitative estimate of drug-likeness (QED) is 0.0525. The zero-order valence-corrected chi connectivity index (χ0v) is 28.0. The average molecular weight is 686 g/mol.